The number of halogens is 1. The van der Waals surface area contributed by atoms with Crippen LogP contribution >= 0.6 is 0 Å². The third-order valence-electron chi connectivity index (χ3n) is 5.32. The van der Waals surface area contributed by atoms with E-state index in [1.165, 1.54) is 12.3 Å². The van der Waals surface area contributed by atoms with E-state index in [0.717, 1.165) is 31.5 Å². The number of carbonyl (C=O) groups is 2. The molecule has 1 aromatic heterocycles. The molecule has 1 fully saturated rings. The molecule has 1 aliphatic heterocycles. The van der Waals surface area contributed by atoms with Gasteiger partial charge in [-0.05, 0) is 42.7 Å². The summed E-state index contributed by atoms with van der Waals surface area (Å²) in [7, 11) is 0. The van der Waals surface area contributed by atoms with E-state index in [4.69, 9.17) is 4.42 Å². The molecule has 0 atom stereocenters. The van der Waals surface area contributed by atoms with E-state index in [1.807, 2.05) is 29.2 Å². The Bertz CT molecular complexity index is 1070. The molecule has 2 amide bonds. The van der Waals surface area contributed by atoms with Crippen molar-refractivity contribution in [3.8, 4) is 11.3 Å². The van der Waals surface area contributed by atoms with Crippen molar-refractivity contribution in [2.24, 2.45) is 0 Å². The van der Waals surface area contributed by atoms with Gasteiger partial charge >= 0.3 is 0 Å². The van der Waals surface area contributed by atoms with Gasteiger partial charge in [-0.3, -0.25) is 9.59 Å². The number of aryl methyl sites for hydroxylation is 1. The smallest absolute Gasteiger partial charge is 0.253 e. The predicted molar refractivity (Wildman–Crippen MR) is 114 cm³/mol. The van der Waals surface area contributed by atoms with Crippen LogP contribution in [0.2, 0.25) is 0 Å². The van der Waals surface area contributed by atoms with Gasteiger partial charge in [-0.25, -0.2) is 9.37 Å². The van der Waals surface area contributed by atoms with Gasteiger partial charge in [0.25, 0.3) is 5.91 Å². The maximum absolute atomic E-state index is 13.9. The summed E-state index contributed by atoms with van der Waals surface area (Å²) in [5.41, 5.74) is 1.86. The van der Waals surface area contributed by atoms with Gasteiger partial charge in [0.15, 0.2) is 11.7 Å². The predicted octanol–water partition coefficient (Wildman–Crippen LogP) is 3.97. The van der Waals surface area contributed by atoms with Crippen LogP contribution < -0.4 is 5.32 Å². The van der Waals surface area contributed by atoms with Crippen LogP contribution in [0.4, 0.5) is 4.39 Å². The van der Waals surface area contributed by atoms with Gasteiger partial charge in [0.2, 0.25) is 5.91 Å². The lowest BCUT2D eigenvalue weighted by Gasteiger charge is -2.15. The third kappa shape index (κ3) is 5.17. The Balaban J connectivity index is 1.28. The molecule has 4 rings (SSSR count). The molecule has 3 aromatic rings. The minimum atomic E-state index is -0.381. The van der Waals surface area contributed by atoms with Crippen LogP contribution in [0.3, 0.4) is 0 Å². The molecular formula is C24H24FN3O3. The molecule has 31 heavy (non-hydrogen) atoms. The normalized spacial score (nSPS) is 13.4. The Kier molecular flexibility index (Phi) is 6.40. The van der Waals surface area contributed by atoms with Crippen LogP contribution in [0.25, 0.3) is 11.3 Å². The van der Waals surface area contributed by atoms with E-state index >= 15 is 0 Å². The fourth-order valence-corrected chi connectivity index (χ4v) is 3.64. The lowest BCUT2D eigenvalue weighted by atomic mass is 10.1. The molecule has 160 valence electrons. The molecule has 0 bridgehead atoms. The van der Waals surface area contributed by atoms with E-state index in [-0.39, 0.29) is 24.1 Å². The van der Waals surface area contributed by atoms with Crippen molar-refractivity contribution in [3.05, 3.63) is 77.6 Å². The molecule has 0 saturated carbocycles. The van der Waals surface area contributed by atoms with Crippen molar-refractivity contribution in [2.75, 3.05) is 13.1 Å². The maximum atomic E-state index is 13.9. The fourth-order valence-electron chi connectivity index (χ4n) is 3.64. The zero-order valence-electron chi connectivity index (χ0n) is 17.1. The largest absolute Gasteiger partial charge is 0.441 e. The summed E-state index contributed by atoms with van der Waals surface area (Å²) in [5, 5.41) is 2.86. The summed E-state index contributed by atoms with van der Waals surface area (Å²) >= 11 is 0. The first-order chi connectivity index (χ1) is 15.1. The van der Waals surface area contributed by atoms with Crippen molar-refractivity contribution in [1.29, 1.82) is 0 Å². The summed E-state index contributed by atoms with van der Waals surface area (Å²) in [6.07, 6.45) is 4.08. The van der Waals surface area contributed by atoms with Crippen LogP contribution in [0, 0.1) is 5.82 Å². The molecule has 2 heterocycles. The number of rotatable bonds is 7. The highest BCUT2D eigenvalue weighted by Gasteiger charge is 2.19. The van der Waals surface area contributed by atoms with E-state index < -0.39 is 0 Å². The molecule has 1 N–H and O–H groups in total. The van der Waals surface area contributed by atoms with Gasteiger partial charge in [-0.1, -0.05) is 24.3 Å². The lowest BCUT2D eigenvalue weighted by molar-refractivity contribution is -0.121. The minimum Gasteiger partial charge on any atom is -0.441 e. The maximum Gasteiger partial charge on any atom is 0.253 e. The average molecular weight is 421 g/mol. The second kappa shape index (κ2) is 9.55. The van der Waals surface area contributed by atoms with Crippen LogP contribution in [-0.4, -0.2) is 34.8 Å². The highest BCUT2D eigenvalue weighted by molar-refractivity contribution is 5.94. The zero-order valence-corrected chi connectivity index (χ0v) is 17.1. The van der Waals surface area contributed by atoms with E-state index in [9.17, 15) is 14.0 Å². The number of benzene rings is 2. The summed E-state index contributed by atoms with van der Waals surface area (Å²) in [6, 6.07) is 13.7. The zero-order chi connectivity index (χ0) is 21.6. The molecule has 7 heteroatoms. The number of amides is 2. The second-order valence-corrected chi connectivity index (χ2v) is 7.57. The number of aromatic nitrogens is 1. The molecule has 0 spiro atoms. The van der Waals surface area contributed by atoms with Gasteiger partial charge in [0, 0.05) is 38.0 Å². The third-order valence-corrected chi connectivity index (χ3v) is 5.32. The van der Waals surface area contributed by atoms with Crippen molar-refractivity contribution < 1.29 is 18.4 Å². The number of nitrogens with zero attached hydrogens (tertiary/aromatic N) is 2. The second-order valence-electron chi connectivity index (χ2n) is 7.57. The Morgan fingerprint density at radius 3 is 2.71 bits per heavy atom. The Morgan fingerprint density at radius 1 is 1.10 bits per heavy atom. The number of carbonyl (C=O) groups excluding carboxylic acids is 2. The highest BCUT2D eigenvalue weighted by atomic mass is 19.1. The number of hydrogen-bond donors (Lipinski definition) is 1. The number of likely N-dealkylation sites (tertiary alicyclic amines) is 1. The van der Waals surface area contributed by atoms with Crippen LogP contribution in [-0.2, 0) is 17.8 Å². The van der Waals surface area contributed by atoms with Crippen LogP contribution in [0.15, 0.2) is 59.1 Å². The quantitative estimate of drug-likeness (QED) is 0.627. The molecule has 0 radical (unpaired) electrons. The molecular weight excluding hydrogens is 397 g/mol. The molecule has 1 aliphatic rings. The summed E-state index contributed by atoms with van der Waals surface area (Å²) in [5.74, 6) is 0.232. The Morgan fingerprint density at radius 2 is 1.90 bits per heavy atom. The summed E-state index contributed by atoms with van der Waals surface area (Å²) in [6.45, 7) is 1.95. The minimum absolute atomic E-state index is 0.0419. The first-order valence-corrected chi connectivity index (χ1v) is 10.4. The monoisotopic (exact) mass is 421 g/mol. The number of nitrogens with one attached hydrogen (secondary N) is 1. The van der Waals surface area contributed by atoms with Gasteiger partial charge < -0.3 is 14.6 Å². The number of hydrogen-bond acceptors (Lipinski definition) is 4. The molecule has 0 aliphatic carbocycles. The van der Waals surface area contributed by atoms with Crippen molar-refractivity contribution in [2.45, 2.75) is 32.2 Å². The van der Waals surface area contributed by atoms with Crippen molar-refractivity contribution in [1.82, 2.24) is 15.2 Å². The van der Waals surface area contributed by atoms with E-state index in [0.29, 0.717) is 35.7 Å². The number of oxazole rings is 1. The first-order valence-electron chi connectivity index (χ1n) is 10.4. The lowest BCUT2D eigenvalue weighted by Crippen LogP contribution is -2.28. The molecule has 2 aromatic carbocycles. The fraction of sp³-hybridized carbons (Fsp3) is 0.292. The van der Waals surface area contributed by atoms with E-state index in [1.54, 1.807) is 18.2 Å². The molecule has 1 saturated heterocycles. The van der Waals surface area contributed by atoms with E-state index in [2.05, 4.69) is 10.3 Å². The van der Waals surface area contributed by atoms with Crippen molar-refractivity contribution in [3.63, 3.8) is 0 Å². The topological polar surface area (TPSA) is 75.4 Å². The van der Waals surface area contributed by atoms with Gasteiger partial charge in [0.05, 0.1) is 11.8 Å². The summed E-state index contributed by atoms with van der Waals surface area (Å²) < 4.78 is 19.4. The van der Waals surface area contributed by atoms with Crippen LogP contribution in [0.5, 0.6) is 0 Å². The standard InChI is InChI=1S/C24H24FN3O3/c25-20-9-2-1-8-19(20)21-16-27-23(31-21)11-10-22(29)26-15-17-6-5-7-18(14-17)24(30)28-12-3-4-13-28/h1-2,5-9,14,16H,3-4,10-13,15H2,(H,26,29). The SMILES string of the molecule is O=C(CCc1ncc(-c2ccccc2F)o1)NCc1cccc(C(=O)N2CCCC2)c1. The van der Waals surface area contributed by atoms with Gasteiger partial charge in [-0.15, -0.1) is 0 Å². The average Bonchev–Trinajstić information content (AvgIpc) is 3.49. The van der Waals surface area contributed by atoms with Crippen molar-refractivity contribution >= 4 is 11.8 Å². The first kappa shape index (κ1) is 20.8. The summed E-state index contributed by atoms with van der Waals surface area (Å²) in [4.78, 5) is 30.8. The molecule has 6 nitrogen and oxygen atoms in total. The Hall–Kier alpha value is -3.48. The highest BCUT2D eigenvalue weighted by Crippen LogP contribution is 2.23. The Labute approximate surface area is 180 Å². The van der Waals surface area contributed by atoms with Crippen LogP contribution in [0.1, 0.15) is 41.1 Å². The van der Waals surface area contributed by atoms with Gasteiger partial charge in [0.1, 0.15) is 5.82 Å². The molecule has 0 unspecified atom stereocenters. The van der Waals surface area contributed by atoms with Gasteiger partial charge in [-0.2, -0.15) is 0 Å².